The molecular weight excluding hydrogens is 1140 g/mol. The first-order valence-electron chi connectivity index (χ1n) is 27.6. The number of hydrogen-bond acceptors (Lipinski definition) is 32. The normalized spacial score (nSPS) is 21.6. The Morgan fingerprint density at radius 1 is 0.452 bits per heavy atom. The molecule has 1 heterocycles. The lowest BCUT2D eigenvalue weighted by atomic mass is 9.82. The number of aliphatic hydroxyl groups excluding tert-OH is 6. The molecule has 11 atom stereocenters. The highest BCUT2D eigenvalue weighted by atomic mass is 16.9. The largest absolute Gasteiger partial charge is 0.451 e. The average molecular weight is 1220 g/mol. The third-order valence-electron chi connectivity index (χ3n) is 12.1. The van der Waals surface area contributed by atoms with Crippen LogP contribution in [0.2, 0.25) is 0 Å². The maximum absolute atomic E-state index is 16.4. The predicted molar refractivity (Wildman–Crippen MR) is 272 cm³/mol. The van der Waals surface area contributed by atoms with Crippen molar-refractivity contribution >= 4 is 59.7 Å². The zero-order valence-electron chi connectivity index (χ0n) is 48.6. The van der Waals surface area contributed by atoms with Gasteiger partial charge in [0.05, 0.1) is 13.2 Å². The fourth-order valence-corrected chi connectivity index (χ4v) is 7.98. The fourth-order valence-electron chi connectivity index (χ4n) is 7.98. The minimum atomic E-state index is -5.55. The molecule has 1 rings (SSSR count). The van der Waals surface area contributed by atoms with E-state index in [1.807, 2.05) is 0 Å². The van der Waals surface area contributed by atoms with E-state index in [0.29, 0.717) is 0 Å². The van der Waals surface area contributed by atoms with Gasteiger partial charge in [-0.3, -0.25) is 43.2 Å². The van der Waals surface area contributed by atoms with Gasteiger partial charge in [-0.05, 0) is 57.8 Å². The Hall–Kier alpha value is -5.78. The summed E-state index contributed by atoms with van der Waals surface area (Å²) >= 11 is 0. The zero-order chi connectivity index (χ0) is 64.7. The number of hydrogen-bond donors (Lipinski definition) is 11. The van der Waals surface area contributed by atoms with Crippen LogP contribution < -0.4 is 0 Å². The first-order chi connectivity index (χ1) is 39.2. The minimum absolute atomic E-state index is 0.223. The van der Waals surface area contributed by atoms with Crippen LogP contribution in [0.25, 0.3) is 0 Å². The molecule has 0 bridgehead atoms. The van der Waals surface area contributed by atoms with Crippen molar-refractivity contribution in [1.29, 1.82) is 0 Å². The molecule has 32 nitrogen and oxygen atoms in total. The maximum Gasteiger partial charge on any atom is 0.451 e. The van der Waals surface area contributed by atoms with Crippen molar-refractivity contribution in [3.63, 3.8) is 0 Å². The molecule has 84 heavy (non-hydrogen) atoms. The molecule has 11 N–H and O–H groups in total. The third kappa shape index (κ3) is 17.4. The Labute approximate surface area is 483 Å². The van der Waals surface area contributed by atoms with Crippen molar-refractivity contribution in [1.82, 2.24) is 0 Å². The summed E-state index contributed by atoms with van der Waals surface area (Å²) in [7, 11) is 0. The second-order valence-electron chi connectivity index (χ2n) is 19.4. The van der Waals surface area contributed by atoms with Gasteiger partial charge >= 0.3 is 94.6 Å². The summed E-state index contributed by atoms with van der Waals surface area (Å²) < 4.78 is 59.2. The number of carbonyl (C=O) groups is 10. The van der Waals surface area contributed by atoms with Crippen molar-refractivity contribution in [2.24, 2.45) is 0 Å². The molecule has 1 fully saturated rings. The average Bonchev–Trinajstić information content (AvgIpc) is 1.98. The smallest absolute Gasteiger partial charge is 0.448 e. The summed E-state index contributed by atoms with van der Waals surface area (Å²) in [5.74, 6) is -55.7. The van der Waals surface area contributed by atoms with E-state index < -0.39 is 208 Å². The zero-order valence-corrected chi connectivity index (χ0v) is 48.6. The first-order valence-corrected chi connectivity index (χ1v) is 27.6. The van der Waals surface area contributed by atoms with Gasteiger partial charge in [0, 0.05) is 57.8 Å². The molecule has 0 radical (unpaired) electrons. The van der Waals surface area contributed by atoms with E-state index in [-0.39, 0.29) is 57.8 Å². The van der Waals surface area contributed by atoms with E-state index in [0.717, 1.165) is 0 Å². The molecule has 0 spiro atoms. The van der Waals surface area contributed by atoms with Gasteiger partial charge in [0.15, 0.2) is 0 Å². The molecule has 0 amide bonds. The summed E-state index contributed by atoms with van der Waals surface area (Å²) in [6, 6.07) is 0. The highest BCUT2D eigenvalue weighted by Crippen LogP contribution is 2.51. The highest BCUT2D eigenvalue weighted by Gasteiger charge is 2.87. The Balaban J connectivity index is 5.68. The lowest BCUT2D eigenvalue weighted by molar-refractivity contribution is -0.543. The van der Waals surface area contributed by atoms with E-state index in [1.165, 1.54) is 62.3 Å². The van der Waals surface area contributed by atoms with Crippen molar-refractivity contribution in [3.8, 4) is 0 Å². The van der Waals surface area contributed by atoms with Gasteiger partial charge in [-0.25, -0.2) is 4.79 Å². The summed E-state index contributed by atoms with van der Waals surface area (Å²) in [5, 5.41) is 131. The maximum atomic E-state index is 16.4. The summed E-state index contributed by atoms with van der Waals surface area (Å²) in [4.78, 5) is 143. The lowest BCUT2D eigenvalue weighted by Gasteiger charge is -2.54. The third-order valence-corrected chi connectivity index (χ3v) is 12.1. The number of aliphatic hydroxyl groups is 11. The second kappa shape index (κ2) is 33.8. The molecule has 3 unspecified atom stereocenters. The molecule has 1 saturated heterocycles. The Morgan fingerprint density at radius 3 is 1.15 bits per heavy atom. The molecule has 0 aromatic carbocycles. The van der Waals surface area contributed by atoms with E-state index in [9.17, 15) is 99.3 Å². The van der Waals surface area contributed by atoms with Crippen LogP contribution in [0.5, 0.6) is 0 Å². The fraction of sp³-hybridized carbons (Fsp3) is 0.808. The molecule has 0 aromatic rings. The quantitative estimate of drug-likeness (QED) is 0.0193. The molecule has 1 aliphatic rings. The molecule has 0 aromatic heterocycles. The van der Waals surface area contributed by atoms with E-state index in [2.05, 4.69) is 0 Å². The Morgan fingerprint density at radius 2 is 0.786 bits per heavy atom. The van der Waals surface area contributed by atoms with Crippen LogP contribution in [-0.2, 0) is 100 Å². The van der Waals surface area contributed by atoms with Crippen molar-refractivity contribution < 1.29 is 156 Å². The van der Waals surface area contributed by atoms with Crippen molar-refractivity contribution in [2.45, 2.75) is 255 Å². The summed E-state index contributed by atoms with van der Waals surface area (Å²) in [6.07, 6.45) is -29.9. The van der Waals surface area contributed by atoms with Crippen LogP contribution in [0.1, 0.15) is 178 Å². The molecule has 32 heteroatoms. The van der Waals surface area contributed by atoms with Crippen LogP contribution in [0.3, 0.4) is 0 Å². The molecule has 0 aliphatic carbocycles. The van der Waals surface area contributed by atoms with Gasteiger partial charge in [-0.2, -0.15) is 0 Å². The highest BCUT2D eigenvalue weighted by molar-refractivity contribution is 5.89. The van der Waals surface area contributed by atoms with E-state index in [1.54, 1.807) is 0 Å². The van der Waals surface area contributed by atoms with Gasteiger partial charge < -0.3 is 108 Å². The first kappa shape index (κ1) is 76.2. The van der Waals surface area contributed by atoms with Gasteiger partial charge in [-0.1, -0.05) is 62.3 Å². The Kier molecular flexibility index (Phi) is 30.7. The van der Waals surface area contributed by atoms with Gasteiger partial charge in [0.25, 0.3) is 0 Å². The van der Waals surface area contributed by atoms with Gasteiger partial charge in [-0.15, -0.1) is 0 Å². The number of rotatable bonds is 38. The van der Waals surface area contributed by atoms with Crippen molar-refractivity contribution in [3.05, 3.63) is 0 Å². The summed E-state index contributed by atoms with van der Waals surface area (Å²) in [5.41, 5.74) is 0. The van der Waals surface area contributed by atoms with Gasteiger partial charge in [0.2, 0.25) is 11.9 Å². The molecular formula is C52H84O32. The molecule has 0 saturated carbocycles. The van der Waals surface area contributed by atoms with E-state index in [4.69, 9.17) is 52.1 Å². The predicted octanol–water partition coefficient (Wildman–Crippen LogP) is -1.39. The SMILES string of the molecule is CCCC(=O)OC(C1(O)O[C@H](CO)[C@@H](O)[C@H](O)[C@H]1O)C(OC(=O)CCC)(OC(=O)CCC)C(OC(=O)CCC)(OC(=O)CCC)C(=O)OC(O)(OC(=O)CCC)[C@](O)(OC(=O)CCC)[C@](O)(OC(=O)CCC)[C@](O)(OC(=O)CCC)[C@@H](O)CO. The topological polar surface area (TPSA) is 495 Å². The monoisotopic (exact) mass is 1220 g/mol. The van der Waals surface area contributed by atoms with Crippen LogP contribution >= 0.6 is 0 Å². The van der Waals surface area contributed by atoms with Crippen molar-refractivity contribution in [2.75, 3.05) is 13.2 Å². The standard InChI is InChI=1S/C52H84O32/c1-10-19-32(56)74-44(46(69)43(67)42(66)41(65)30(28-53)75-46)48(77-34(58)21-12-3,78-35(59)22-13-4)49(79-36(60)23-14-5,80-37(61)24-15-6)45(68)84-52(73,83-40(64)27-18-9)51(72,82-39(63)26-17-8)50(71,81-38(62)25-16-7)47(70,31(55)29-54)76-33(57)20-11-2/h30-31,41-44,53-55,65-67,69-73H,10-29H2,1-9H3/t30-,31+,41-,42+,43-,44?,46?,47-,50-,51-,52?/m1/s1. The number of carbonyl (C=O) groups excluding carboxylic acids is 10. The van der Waals surface area contributed by atoms with Crippen LogP contribution in [0.15, 0.2) is 0 Å². The van der Waals surface area contributed by atoms with Crippen LogP contribution in [0.4, 0.5) is 0 Å². The van der Waals surface area contributed by atoms with E-state index >= 15 is 4.79 Å². The minimum Gasteiger partial charge on any atom is -0.448 e. The van der Waals surface area contributed by atoms with Crippen LogP contribution in [0, 0.1) is 0 Å². The Bertz CT molecular complexity index is 2180. The number of esters is 10. The lowest BCUT2D eigenvalue weighted by Crippen LogP contribution is -2.84. The van der Waals surface area contributed by atoms with Crippen LogP contribution in [-0.4, -0.2) is 206 Å². The van der Waals surface area contributed by atoms with Gasteiger partial charge in [0.1, 0.15) is 30.5 Å². The second-order valence-corrected chi connectivity index (χ2v) is 19.4. The molecule has 1 aliphatic heterocycles. The summed E-state index contributed by atoms with van der Waals surface area (Å²) in [6.45, 7) is 8.08. The number of ether oxygens (including phenoxy) is 11. The molecule has 484 valence electrons.